The molecule has 1 aliphatic rings. The first-order chi connectivity index (χ1) is 14.1. The lowest BCUT2D eigenvalue weighted by atomic mass is 10.1. The SMILES string of the molecule is CCn1c(C2CC(NC(=O)c3ccc(OC)cc3)NN2)cc2ccc(OC)cc21. The molecule has 0 aliphatic carbocycles. The first-order valence-electron chi connectivity index (χ1n) is 9.76. The van der Waals surface area contributed by atoms with Crippen molar-refractivity contribution in [3.8, 4) is 11.5 Å². The van der Waals surface area contributed by atoms with E-state index in [1.54, 1.807) is 38.5 Å². The van der Waals surface area contributed by atoms with Gasteiger partial charge in [-0.25, -0.2) is 10.9 Å². The standard InChI is InChI=1S/C22H26N4O3/c1-4-26-19-12-17(29-3)10-7-15(19)11-20(26)18-13-21(25-24-18)23-22(27)14-5-8-16(28-2)9-6-14/h5-12,18,21,24-25H,4,13H2,1-3H3,(H,23,27). The number of aryl methyl sites for hydroxylation is 1. The first-order valence-corrected chi connectivity index (χ1v) is 9.76. The summed E-state index contributed by atoms with van der Waals surface area (Å²) in [5.41, 5.74) is 9.46. The summed E-state index contributed by atoms with van der Waals surface area (Å²) in [6.45, 7) is 2.99. The third kappa shape index (κ3) is 3.79. The van der Waals surface area contributed by atoms with Gasteiger partial charge in [-0.3, -0.25) is 4.79 Å². The van der Waals surface area contributed by atoms with Gasteiger partial charge in [0.15, 0.2) is 0 Å². The van der Waals surface area contributed by atoms with Gasteiger partial charge < -0.3 is 19.4 Å². The smallest absolute Gasteiger partial charge is 0.252 e. The molecule has 2 unspecified atom stereocenters. The molecule has 0 radical (unpaired) electrons. The normalized spacial score (nSPS) is 18.7. The number of carbonyl (C=O) groups is 1. The van der Waals surface area contributed by atoms with Crippen LogP contribution in [0, 0.1) is 0 Å². The van der Waals surface area contributed by atoms with E-state index in [9.17, 15) is 4.79 Å². The Kier molecular flexibility index (Phi) is 5.42. The third-order valence-corrected chi connectivity index (χ3v) is 5.38. The van der Waals surface area contributed by atoms with E-state index in [1.807, 2.05) is 6.07 Å². The molecule has 1 aromatic heterocycles. The number of methoxy groups -OCH3 is 2. The molecule has 1 saturated heterocycles. The number of rotatable bonds is 6. The second-order valence-electron chi connectivity index (χ2n) is 7.07. The molecule has 3 aromatic rings. The Morgan fingerprint density at radius 3 is 2.48 bits per heavy atom. The highest BCUT2D eigenvalue weighted by Crippen LogP contribution is 2.30. The zero-order valence-electron chi connectivity index (χ0n) is 16.9. The van der Waals surface area contributed by atoms with Gasteiger partial charge in [0.2, 0.25) is 0 Å². The highest BCUT2D eigenvalue weighted by atomic mass is 16.5. The average Bonchev–Trinajstić information content (AvgIpc) is 3.37. The lowest BCUT2D eigenvalue weighted by molar-refractivity contribution is 0.0932. The molecule has 2 aromatic carbocycles. The number of hydrogen-bond acceptors (Lipinski definition) is 5. The number of hydrogen-bond donors (Lipinski definition) is 3. The Morgan fingerprint density at radius 2 is 1.79 bits per heavy atom. The largest absolute Gasteiger partial charge is 0.497 e. The van der Waals surface area contributed by atoms with Crippen LogP contribution in [0.4, 0.5) is 0 Å². The van der Waals surface area contributed by atoms with Crippen LogP contribution in [-0.2, 0) is 6.54 Å². The minimum Gasteiger partial charge on any atom is -0.497 e. The quantitative estimate of drug-likeness (QED) is 0.599. The molecule has 7 heteroatoms. The zero-order chi connectivity index (χ0) is 20.4. The molecular weight excluding hydrogens is 368 g/mol. The minimum absolute atomic E-state index is 0.0921. The summed E-state index contributed by atoms with van der Waals surface area (Å²) in [6.07, 6.45) is 0.586. The average molecular weight is 394 g/mol. The Bertz CT molecular complexity index is 1010. The van der Waals surface area contributed by atoms with Crippen LogP contribution in [0.3, 0.4) is 0 Å². The van der Waals surface area contributed by atoms with Gasteiger partial charge in [-0.1, -0.05) is 0 Å². The summed E-state index contributed by atoms with van der Waals surface area (Å²) in [7, 11) is 3.29. The van der Waals surface area contributed by atoms with Crippen molar-refractivity contribution in [3.05, 3.63) is 59.8 Å². The predicted molar refractivity (Wildman–Crippen MR) is 112 cm³/mol. The highest BCUT2D eigenvalue weighted by Gasteiger charge is 2.29. The number of carbonyl (C=O) groups excluding carboxylic acids is 1. The van der Waals surface area contributed by atoms with Gasteiger partial charge in [0.25, 0.3) is 5.91 Å². The summed E-state index contributed by atoms with van der Waals surface area (Å²) < 4.78 is 12.8. The predicted octanol–water partition coefficient (Wildman–Crippen LogP) is 2.97. The fourth-order valence-electron chi connectivity index (χ4n) is 3.85. The Hall–Kier alpha value is -3.03. The maximum absolute atomic E-state index is 12.5. The van der Waals surface area contributed by atoms with Crippen LogP contribution in [0.15, 0.2) is 48.5 Å². The van der Waals surface area contributed by atoms with Gasteiger partial charge in [-0.2, -0.15) is 0 Å². The molecule has 0 saturated carbocycles. The fraction of sp³-hybridized carbons (Fsp3) is 0.318. The first kappa shape index (κ1) is 19.3. The van der Waals surface area contributed by atoms with Crippen LogP contribution in [0.1, 0.15) is 35.4 Å². The van der Waals surface area contributed by atoms with E-state index >= 15 is 0 Å². The monoisotopic (exact) mass is 394 g/mol. The van der Waals surface area contributed by atoms with Gasteiger partial charge in [0.1, 0.15) is 11.5 Å². The molecule has 0 bridgehead atoms. The van der Waals surface area contributed by atoms with E-state index in [0.29, 0.717) is 5.56 Å². The second kappa shape index (κ2) is 8.14. The van der Waals surface area contributed by atoms with E-state index in [2.05, 4.69) is 45.9 Å². The zero-order valence-corrected chi connectivity index (χ0v) is 16.9. The number of hydrazine groups is 1. The topological polar surface area (TPSA) is 76.6 Å². The molecule has 3 N–H and O–H groups in total. The number of amides is 1. The van der Waals surface area contributed by atoms with Crippen LogP contribution in [0.2, 0.25) is 0 Å². The molecule has 7 nitrogen and oxygen atoms in total. The van der Waals surface area contributed by atoms with E-state index < -0.39 is 0 Å². The van der Waals surface area contributed by atoms with E-state index in [0.717, 1.165) is 30.0 Å². The molecule has 1 aliphatic heterocycles. The molecule has 1 fully saturated rings. The molecule has 29 heavy (non-hydrogen) atoms. The second-order valence-corrected chi connectivity index (χ2v) is 7.07. The Morgan fingerprint density at radius 1 is 1.07 bits per heavy atom. The number of nitrogens with one attached hydrogen (secondary N) is 3. The highest BCUT2D eigenvalue weighted by molar-refractivity contribution is 5.94. The maximum atomic E-state index is 12.5. The van der Waals surface area contributed by atoms with Crippen LogP contribution in [0.5, 0.6) is 11.5 Å². The molecular formula is C22H26N4O3. The van der Waals surface area contributed by atoms with Gasteiger partial charge in [0, 0.05) is 35.7 Å². The van der Waals surface area contributed by atoms with E-state index in [-0.39, 0.29) is 18.1 Å². The number of aromatic nitrogens is 1. The van der Waals surface area contributed by atoms with Crippen LogP contribution >= 0.6 is 0 Å². The van der Waals surface area contributed by atoms with Crippen molar-refractivity contribution in [3.63, 3.8) is 0 Å². The summed E-state index contributed by atoms with van der Waals surface area (Å²) in [5.74, 6) is 1.46. The van der Waals surface area contributed by atoms with Gasteiger partial charge in [-0.05, 0) is 49.4 Å². The van der Waals surface area contributed by atoms with Crippen molar-refractivity contribution in [2.45, 2.75) is 32.1 Å². The number of benzene rings is 2. The van der Waals surface area contributed by atoms with Crippen LogP contribution < -0.4 is 25.6 Å². The summed E-state index contributed by atoms with van der Waals surface area (Å²) in [6, 6.07) is 15.5. The minimum atomic E-state index is -0.160. The Labute approximate surface area is 170 Å². The van der Waals surface area contributed by atoms with Crippen molar-refractivity contribution in [1.29, 1.82) is 0 Å². The fourth-order valence-corrected chi connectivity index (χ4v) is 3.85. The number of nitrogens with zero attached hydrogens (tertiary/aromatic N) is 1. The van der Waals surface area contributed by atoms with Crippen molar-refractivity contribution in [1.82, 2.24) is 20.7 Å². The molecule has 4 rings (SSSR count). The van der Waals surface area contributed by atoms with Gasteiger partial charge >= 0.3 is 0 Å². The molecule has 0 spiro atoms. The van der Waals surface area contributed by atoms with Crippen LogP contribution in [-0.4, -0.2) is 30.9 Å². The lowest BCUT2D eigenvalue weighted by Crippen LogP contribution is -2.44. The summed E-state index contributed by atoms with van der Waals surface area (Å²) >= 11 is 0. The lowest BCUT2D eigenvalue weighted by Gasteiger charge is -2.14. The molecule has 152 valence electrons. The van der Waals surface area contributed by atoms with Crippen molar-refractivity contribution in [2.24, 2.45) is 0 Å². The number of fused-ring (bicyclic) bond motifs is 1. The molecule has 1 amide bonds. The van der Waals surface area contributed by atoms with Crippen molar-refractivity contribution < 1.29 is 14.3 Å². The Balaban J connectivity index is 1.48. The van der Waals surface area contributed by atoms with Crippen LogP contribution in [0.25, 0.3) is 10.9 Å². The number of ether oxygens (including phenoxy) is 2. The summed E-state index contributed by atoms with van der Waals surface area (Å²) in [5, 5.41) is 4.22. The molecule has 2 heterocycles. The maximum Gasteiger partial charge on any atom is 0.252 e. The van der Waals surface area contributed by atoms with Gasteiger partial charge in [0.05, 0.1) is 31.9 Å². The van der Waals surface area contributed by atoms with E-state index in [1.165, 1.54) is 11.1 Å². The third-order valence-electron chi connectivity index (χ3n) is 5.38. The van der Waals surface area contributed by atoms with E-state index in [4.69, 9.17) is 9.47 Å². The van der Waals surface area contributed by atoms with Crippen molar-refractivity contribution >= 4 is 16.8 Å². The molecule has 2 atom stereocenters. The summed E-state index contributed by atoms with van der Waals surface area (Å²) in [4.78, 5) is 12.5. The van der Waals surface area contributed by atoms with Crippen molar-refractivity contribution in [2.75, 3.05) is 14.2 Å². The van der Waals surface area contributed by atoms with Gasteiger partial charge in [-0.15, -0.1) is 0 Å².